The highest BCUT2D eigenvalue weighted by Gasteiger charge is 2.33. The summed E-state index contributed by atoms with van der Waals surface area (Å²) in [6.45, 7) is 2.88. The first kappa shape index (κ1) is 16.8. The van der Waals surface area contributed by atoms with Crippen molar-refractivity contribution in [2.24, 2.45) is 4.99 Å². The summed E-state index contributed by atoms with van der Waals surface area (Å²) in [5.41, 5.74) is 0.105. The highest BCUT2D eigenvalue weighted by atomic mass is 19.1. The second-order valence-corrected chi connectivity index (χ2v) is 5.08. The van der Waals surface area contributed by atoms with Crippen LogP contribution < -0.4 is 5.32 Å². The molecule has 2 heterocycles. The molecule has 0 bridgehead atoms. The van der Waals surface area contributed by atoms with E-state index in [4.69, 9.17) is 0 Å². The molecular weight excluding hydrogens is 305 g/mol. The molecule has 1 fully saturated rings. The molecule has 0 aromatic carbocycles. The summed E-state index contributed by atoms with van der Waals surface area (Å²) >= 11 is 0. The molecule has 1 aliphatic heterocycles. The number of halogens is 1. The molecule has 1 atom stereocenters. The van der Waals surface area contributed by atoms with Gasteiger partial charge in [-0.05, 0) is 25.6 Å². The van der Waals surface area contributed by atoms with Crippen molar-refractivity contribution >= 4 is 24.4 Å². The van der Waals surface area contributed by atoms with E-state index in [-0.39, 0.29) is 24.7 Å². The van der Waals surface area contributed by atoms with Gasteiger partial charge in [0.1, 0.15) is 18.4 Å². The molecule has 1 aromatic rings. The maximum absolute atomic E-state index is 12.2. The smallest absolute Gasteiger partial charge is 0.272 e. The zero-order chi connectivity index (χ0) is 16.8. The van der Waals surface area contributed by atoms with E-state index in [1.54, 1.807) is 0 Å². The van der Waals surface area contributed by atoms with Crippen LogP contribution >= 0.6 is 0 Å². The van der Waals surface area contributed by atoms with Gasteiger partial charge in [-0.25, -0.2) is 9.38 Å². The van der Waals surface area contributed by atoms with Crippen molar-refractivity contribution in [2.75, 3.05) is 19.8 Å². The number of nitrogens with one attached hydrogen (secondary N) is 1. The molecule has 1 N–H and O–H groups in total. The van der Waals surface area contributed by atoms with E-state index in [1.807, 2.05) is 0 Å². The van der Waals surface area contributed by atoms with Crippen LogP contribution in [0.1, 0.15) is 23.3 Å². The number of hydrogen-bond donors (Lipinski definition) is 1. The third kappa shape index (κ3) is 3.99. The third-order valence-corrected chi connectivity index (χ3v) is 3.60. The number of amides is 3. The van der Waals surface area contributed by atoms with Gasteiger partial charge >= 0.3 is 0 Å². The zero-order valence-corrected chi connectivity index (χ0v) is 12.6. The average Bonchev–Trinajstić information content (AvgIpc) is 3.21. The number of carbonyl (C=O) groups is 3. The lowest BCUT2D eigenvalue weighted by atomic mass is 10.2. The summed E-state index contributed by atoms with van der Waals surface area (Å²) in [7, 11) is 0. The van der Waals surface area contributed by atoms with Gasteiger partial charge in [-0.3, -0.25) is 19.1 Å². The van der Waals surface area contributed by atoms with Crippen LogP contribution in [-0.2, 0) is 16.1 Å². The fourth-order valence-electron chi connectivity index (χ4n) is 2.47. The largest absolute Gasteiger partial charge is 0.342 e. The summed E-state index contributed by atoms with van der Waals surface area (Å²) in [6.07, 6.45) is 2.74. The first-order valence-corrected chi connectivity index (χ1v) is 7.24. The average molecular weight is 323 g/mol. The van der Waals surface area contributed by atoms with E-state index in [1.165, 1.54) is 21.8 Å². The Hall–Kier alpha value is -2.58. The summed E-state index contributed by atoms with van der Waals surface area (Å²) in [6, 6.07) is 0.847. The molecule has 3 amide bonds. The van der Waals surface area contributed by atoms with Crippen molar-refractivity contribution in [1.82, 2.24) is 20.0 Å². The molecule has 1 aromatic heterocycles. The van der Waals surface area contributed by atoms with Crippen LogP contribution in [0.4, 0.5) is 4.39 Å². The van der Waals surface area contributed by atoms with Crippen LogP contribution in [0, 0.1) is 0 Å². The van der Waals surface area contributed by atoms with Crippen LogP contribution in [0.5, 0.6) is 0 Å². The van der Waals surface area contributed by atoms with Gasteiger partial charge in [0.05, 0.1) is 13.1 Å². The minimum absolute atomic E-state index is 0.0678. The minimum atomic E-state index is -0.597. The number of alkyl halides is 1. The molecule has 1 aliphatic rings. The molecule has 1 saturated heterocycles. The lowest BCUT2D eigenvalue weighted by Gasteiger charge is -2.22. The highest BCUT2D eigenvalue weighted by molar-refractivity contribution is 5.96. The Balaban J connectivity index is 1.89. The molecule has 2 rings (SSSR count). The molecule has 23 heavy (non-hydrogen) atoms. The zero-order valence-electron chi connectivity index (χ0n) is 12.6. The van der Waals surface area contributed by atoms with Crippen molar-refractivity contribution in [3.05, 3.63) is 18.0 Å². The molecule has 0 saturated carbocycles. The van der Waals surface area contributed by atoms with E-state index in [9.17, 15) is 18.8 Å². The highest BCUT2D eigenvalue weighted by Crippen LogP contribution is 2.18. The van der Waals surface area contributed by atoms with Crippen molar-refractivity contribution in [3.8, 4) is 0 Å². The number of aryl methyl sites for hydroxylation is 1. The Morgan fingerprint density at radius 2 is 2.26 bits per heavy atom. The first-order chi connectivity index (χ1) is 11.1. The molecule has 124 valence electrons. The number of aromatic nitrogens is 2. The lowest BCUT2D eigenvalue weighted by molar-refractivity contribution is -0.136. The summed E-state index contributed by atoms with van der Waals surface area (Å²) < 4.78 is 13.5. The molecule has 1 unspecified atom stereocenters. The maximum Gasteiger partial charge on any atom is 0.272 e. The maximum atomic E-state index is 12.2. The second kappa shape index (κ2) is 7.61. The number of carbonyl (C=O) groups excluding carboxylic acids is 3. The Kier molecular flexibility index (Phi) is 5.56. The second-order valence-electron chi connectivity index (χ2n) is 5.08. The quantitative estimate of drug-likeness (QED) is 0.733. The summed E-state index contributed by atoms with van der Waals surface area (Å²) in [5, 5.41) is 6.35. The van der Waals surface area contributed by atoms with Crippen LogP contribution in [0.3, 0.4) is 0 Å². The van der Waals surface area contributed by atoms with Gasteiger partial charge in [0.2, 0.25) is 5.91 Å². The van der Waals surface area contributed by atoms with Gasteiger partial charge < -0.3 is 10.2 Å². The Labute approximate surface area is 132 Å². The van der Waals surface area contributed by atoms with E-state index < -0.39 is 24.5 Å². The van der Waals surface area contributed by atoms with Gasteiger partial charge in [-0.15, -0.1) is 0 Å². The Morgan fingerprint density at radius 3 is 2.96 bits per heavy atom. The SMILES string of the molecule is C=NC(=O)C1CCCN1C(=O)CNC(=O)c1ccn(CCF)n1. The number of likely N-dealkylation sites (tertiary alicyclic amines) is 1. The van der Waals surface area contributed by atoms with E-state index in [0.717, 1.165) is 0 Å². The van der Waals surface area contributed by atoms with E-state index in [0.29, 0.717) is 19.4 Å². The predicted molar refractivity (Wildman–Crippen MR) is 79.8 cm³/mol. The standard InChI is InChI=1S/C14H18FN5O3/c1-16-14(23)11-3-2-6-20(11)12(21)9-17-13(22)10-4-7-19(18-10)8-5-15/h4,7,11H,1-3,5-6,8-9H2,(H,17,22). The fourth-order valence-corrected chi connectivity index (χ4v) is 2.47. The van der Waals surface area contributed by atoms with Gasteiger partial charge in [0.25, 0.3) is 11.8 Å². The summed E-state index contributed by atoms with van der Waals surface area (Å²) in [4.78, 5) is 40.4. The van der Waals surface area contributed by atoms with Gasteiger partial charge in [0.15, 0.2) is 0 Å². The topological polar surface area (TPSA) is 96.7 Å². The van der Waals surface area contributed by atoms with Crippen molar-refractivity contribution in [3.63, 3.8) is 0 Å². The molecular formula is C14H18FN5O3. The van der Waals surface area contributed by atoms with Crippen molar-refractivity contribution in [1.29, 1.82) is 0 Å². The van der Waals surface area contributed by atoms with Gasteiger partial charge in [-0.2, -0.15) is 5.10 Å². The Morgan fingerprint density at radius 1 is 1.48 bits per heavy atom. The van der Waals surface area contributed by atoms with Crippen LogP contribution in [0.25, 0.3) is 0 Å². The monoisotopic (exact) mass is 323 g/mol. The molecule has 0 radical (unpaired) electrons. The summed E-state index contributed by atoms with van der Waals surface area (Å²) in [5.74, 6) is -1.33. The van der Waals surface area contributed by atoms with Crippen LogP contribution in [0.15, 0.2) is 17.3 Å². The number of aliphatic imine (C=N–C) groups is 1. The third-order valence-electron chi connectivity index (χ3n) is 3.60. The van der Waals surface area contributed by atoms with Crippen LogP contribution in [-0.4, -0.2) is 64.9 Å². The number of nitrogens with zero attached hydrogens (tertiary/aromatic N) is 4. The van der Waals surface area contributed by atoms with Gasteiger partial charge in [-0.1, -0.05) is 0 Å². The minimum Gasteiger partial charge on any atom is -0.342 e. The first-order valence-electron chi connectivity index (χ1n) is 7.24. The molecule has 0 aliphatic carbocycles. The normalized spacial score (nSPS) is 17.1. The molecule has 9 heteroatoms. The molecule has 8 nitrogen and oxygen atoms in total. The Bertz CT molecular complexity index is 615. The molecule has 0 spiro atoms. The van der Waals surface area contributed by atoms with Crippen LogP contribution in [0.2, 0.25) is 0 Å². The van der Waals surface area contributed by atoms with E-state index in [2.05, 4.69) is 22.1 Å². The number of rotatable bonds is 6. The van der Waals surface area contributed by atoms with Gasteiger partial charge in [0, 0.05) is 12.7 Å². The van der Waals surface area contributed by atoms with Crippen molar-refractivity contribution in [2.45, 2.75) is 25.4 Å². The lowest BCUT2D eigenvalue weighted by Crippen LogP contribution is -2.45. The number of hydrogen-bond acceptors (Lipinski definition) is 4. The van der Waals surface area contributed by atoms with E-state index >= 15 is 0 Å². The predicted octanol–water partition coefficient (Wildman–Crippen LogP) is -0.199. The van der Waals surface area contributed by atoms with Crippen molar-refractivity contribution < 1.29 is 18.8 Å². The fraction of sp³-hybridized carbons (Fsp3) is 0.500.